The van der Waals surface area contributed by atoms with E-state index in [1.807, 2.05) is 20.8 Å². The van der Waals surface area contributed by atoms with Crippen molar-refractivity contribution in [1.82, 2.24) is 9.78 Å². The number of aromatic nitrogens is 2. The zero-order valence-electron chi connectivity index (χ0n) is 12.8. The molecule has 0 aliphatic carbocycles. The molecule has 6 nitrogen and oxygen atoms in total. The highest BCUT2D eigenvalue weighted by Gasteiger charge is 2.30. The van der Waals surface area contributed by atoms with Gasteiger partial charge in [0.05, 0.1) is 12.6 Å². The quantitative estimate of drug-likeness (QED) is 0.839. The molecule has 6 heteroatoms. The normalized spacial score (nSPS) is 16.3. The van der Waals surface area contributed by atoms with E-state index in [1.165, 1.54) is 13.5 Å². The Morgan fingerprint density at radius 3 is 2.35 bits per heavy atom. The molecule has 0 aromatic carbocycles. The first kappa shape index (κ1) is 14.7. The second-order valence-corrected chi connectivity index (χ2v) is 6.21. The topological polar surface area (TPSA) is 73.4 Å². The van der Waals surface area contributed by atoms with E-state index in [9.17, 15) is 4.79 Å². The van der Waals surface area contributed by atoms with Crippen LogP contribution in [-0.2, 0) is 10.3 Å². The Morgan fingerprint density at radius 2 is 1.85 bits per heavy atom. The zero-order valence-corrected chi connectivity index (χ0v) is 12.8. The Bertz CT molecular complexity index is 496. The van der Waals surface area contributed by atoms with Crippen molar-refractivity contribution < 1.29 is 9.53 Å². The number of anilines is 2. The first-order valence-corrected chi connectivity index (χ1v) is 7.08. The largest absolute Gasteiger partial charge is 0.465 e. The number of rotatable bonds is 2. The van der Waals surface area contributed by atoms with Crippen molar-refractivity contribution in [3.05, 3.63) is 5.56 Å². The van der Waals surface area contributed by atoms with Crippen LogP contribution in [0.2, 0.25) is 0 Å². The molecule has 1 aromatic rings. The monoisotopic (exact) mass is 280 g/mol. The van der Waals surface area contributed by atoms with Crippen molar-refractivity contribution in [2.75, 3.05) is 30.8 Å². The molecule has 1 aliphatic heterocycles. The van der Waals surface area contributed by atoms with Crippen LogP contribution in [0.3, 0.4) is 0 Å². The second-order valence-electron chi connectivity index (χ2n) is 6.21. The lowest BCUT2D eigenvalue weighted by Crippen LogP contribution is -2.31. The number of hydrogen-bond donors (Lipinski definition) is 1. The zero-order chi connectivity index (χ0) is 14.9. The van der Waals surface area contributed by atoms with E-state index in [-0.39, 0.29) is 5.54 Å². The summed E-state index contributed by atoms with van der Waals surface area (Å²) in [6, 6.07) is 0. The Hall–Kier alpha value is -1.72. The third-order valence-corrected chi connectivity index (χ3v) is 3.58. The van der Waals surface area contributed by atoms with Crippen LogP contribution in [-0.4, -0.2) is 35.9 Å². The van der Waals surface area contributed by atoms with E-state index < -0.39 is 5.97 Å². The van der Waals surface area contributed by atoms with Crippen molar-refractivity contribution in [2.45, 2.75) is 45.6 Å². The Labute approximate surface area is 119 Å². The summed E-state index contributed by atoms with van der Waals surface area (Å²) < 4.78 is 6.59. The molecule has 0 radical (unpaired) electrons. The van der Waals surface area contributed by atoms with Gasteiger partial charge in [0.2, 0.25) is 0 Å². The number of piperidine rings is 1. The molecule has 0 spiro atoms. The van der Waals surface area contributed by atoms with Crippen molar-refractivity contribution in [2.24, 2.45) is 0 Å². The molecule has 0 unspecified atom stereocenters. The first-order chi connectivity index (χ1) is 9.36. The van der Waals surface area contributed by atoms with Crippen molar-refractivity contribution in [3.63, 3.8) is 0 Å². The van der Waals surface area contributed by atoms with Gasteiger partial charge < -0.3 is 15.4 Å². The van der Waals surface area contributed by atoms with Gasteiger partial charge >= 0.3 is 5.97 Å². The highest BCUT2D eigenvalue weighted by Crippen LogP contribution is 2.31. The SMILES string of the molecule is COC(=O)c1c(N2CCCCC2)nn(C(C)(C)C)c1N. The molecule has 0 amide bonds. The molecule has 1 saturated heterocycles. The number of nitrogen functional groups attached to an aromatic ring is 1. The minimum atomic E-state index is -0.418. The van der Waals surface area contributed by atoms with Gasteiger partial charge in [-0.1, -0.05) is 0 Å². The van der Waals surface area contributed by atoms with Crippen molar-refractivity contribution in [1.29, 1.82) is 0 Å². The van der Waals surface area contributed by atoms with Crippen LogP contribution >= 0.6 is 0 Å². The van der Waals surface area contributed by atoms with Crippen LogP contribution in [0.25, 0.3) is 0 Å². The predicted octanol–water partition coefficient (Wildman–Crippen LogP) is 2.00. The van der Waals surface area contributed by atoms with E-state index in [0.29, 0.717) is 17.2 Å². The number of esters is 1. The summed E-state index contributed by atoms with van der Waals surface area (Å²) in [5.41, 5.74) is 6.26. The maximum atomic E-state index is 12.1. The molecule has 20 heavy (non-hydrogen) atoms. The average Bonchev–Trinajstić information content (AvgIpc) is 2.76. The van der Waals surface area contributed by atoms with Gasteiger partial charge in [-0.15, -0.1) is 0 Å². The van der Waals surface area contributed by atoms with E-state index in [4.69, 9.17) is 10.5 Å². The molecule has 2 heterocycles. The smallest absolute Gasteiger partial charge is 0.345 e. The highest BCUT2D eigenvalue weighted by molar-refractivity contribution is 5.99. The molecule has 112 valence electrons. The number of nitrogens with two attached hydrogens (primary N) is 1. The minimum Gasteiger partial charge on any atom is -0.465 e. The van der Waals surface area contributed by atoms with Crippen LogP contribution in [0.5, 0.6) is 0 Å². The van der Waals surface area contributed by atoms with Crippen LogP contribution in [0.4, 0.5) is 11.6 Å². The maximum Gasteiger partial charge on any atom is 0.345 e. The number of carbonyl (C=O) groups is 1. The van der Waals surface area contributed by atoms with Gasteiger partial charge in [-0.05, 0) is 40.0 Å². The Kier molecular flexibility index (Phi) is 3.92. The predicted molar refractivity (Wildman–Crippen MR) is 79.0 cm³/mol. The second kappa shape index (κ2) is 5.34. The number of carbonyl (C=O) groups excluding carboxylic acids is 1. The fourth-order valence-corrected chi connectivity index (χ4v) is 2.56. The van der Waals surface area contributed by atoms with Gasteiger partial charge in [0, 0.05) is 13.1 Å². The fourth-order valence-electron chi connectivity index (χ4n) is 2.56. The molecule has 0 atom stereocenters. The van der Waals surface area contributed by atoms with Gasteiger partial charge in [0.1, 0.15) is 11.4 Å². The molecular weight excluding hydrogens is 256 g/mol. The maximum absolute atomic E-state index is 12.1. The third kappa shape index (κ3) is 2.59. The number of methoxy groups -OCH3 is 1. The summed E-state index contributed by atoms with van der Waals surface area (Å²) in [6.45, 7) is 7.85. The van der Waals surface area contributed by atoms with Crippen LogP contribution in [0.15, 0.2) is 0 Å². The first-order valence-electron chi connectivity index (χ1n) is 7.08. The third-order valence-electron chi connectivity index (χ3n) is 3.58. The van der Waals surface area contributed by atoms with Gasteiger partial charge in [0.15, 0.2) is 5.82 Å². The summed E-state index contributed by atoms with van der Waals surface area (Å²) in [5, 5.41) is 4.59. The van der Waals surface area contributed by atoms with Crippen molar-refractivity contribution in [3.8, 4) is 0 Å². The Morgan fingerprint density at radius 1 is 1.25 bits per heavy atom. The minimum absolute atomic E-state index is 0.277. The van der Waals surface area contributed by atoms with Gasteiger partial charge in [-0.3, -0.25) is 0 Å². The summed E-state index contributed by atoms with van der Waals surface area (Å²) in [6.07, 6.45) is 3.45. The van der Waals surface area contributed by atoms with Crippen LogP contribution in [0.1, 0.15) is 50.4 Å². The lowest BCUT2D eigenvalue weighted by atomic mass is 10.1. The summed E-state index contributed by atoms with van der Waals surface area (Å²) in [4.78, 5) is 14.2. The number of hydrogen-bond acceptors (Lipinski definition) is 5. The molecule has 1 aromatic heterocycles. The summed E-state index contributed by atoms with van der Waals surface area (Å²) >= 11 is 0. The standard InChI is InChI=1S/C14H24N4O2/c1-14(2,3)18-11(15)10(13(19)20-4)12(16-18)17-8-6-5-7-9-17/h5-9,15H2,1-4H3. The highest BCUT2D eigenvalue weighted by atomic mass is 16.5. The number of ether oxygens (including phenoxy) is 1. The van der Waals surface area contributed by atoms with E-state index in [1.54, 1.807) is 4.68 Å². The fraction of sp³-hybridized carbons (Fsp3) is 0.714. The molecule has 2 rings (SSSR count). The van der Waals surface area contributed by atoms with Crippen molar-refractivity contribution >= 4 is 17.6 Å². The van der Waals surface area contributed by atoms with Gasteiger partial charge in [0.25, 0.3) is 0 Å². The van der Waals surface area contributed by atoms with Crippen LogP contribution in [0, 0.1) is 0 Å². The number of nitrogens with zero attached hydrogens (tertiary/aromatic N) is 3. The lowest BCUT2D eigenvalue weighted by Gasteiger charge is -2.27. The average molecular weight is 280 g/mol. The van der Waals surface area contributed by atoms with E-state index in [2.05, 4.69) is 10.00 Å². The van der Waals surface area contributed by atoms with Gasteiger partial charge in [-0.25, -0.2) is 9.48 Å². The van der Waals surface area contributed by atoms with E-state index in [0.717, 1.165) is 25.9 Å². The molecule has 0 bridgehead atoms. The summed E-state index contributed by atoms with van der Waals surface area (Å²) in [7, 11) is 1.37. The van der Waals surface area contributed by atoms with Crippen LogP contribution < -0.4 is 10.6 Å². The van der Waals surface area contributed by atoms with E-state index >= 15 is 0 Å². The molecule has 2 N–H and O–H groups in total. The molecule has 1 fully saturated rings. The van der Waals surface area contributed by atoms with Gasteiger partial charge in [-0.2, -0.15) is 5.10 Å². The molecule has 0 saturated carbocycles. The molecular formula is C14H24N4O2. The lowest BCUT2D eigenvalue weighted by molar-refractivity contribution is 0.0602. The molecule has 1 aliphatic rings. The Balaban J connectivity index is 2.50. The summed E-state index contributed by atoms with van der Waals surface area (Å²) in [5.74, 6) is 0.618.